The molecule has 0 fully saturated rings. The topological polar surface area (TPSA) is 104 Å². The standard InChI is InChI=1S/C16H14N8/c1-2-4-11(5-3-1)8-19-14-13-15(21-10-20-13)24-16(23-14)22-12-9-17-6-7-18-12/h1-7,9-10H,8H2,(H3,18,19,20,21,22,23,24). The first-order valence-electron chi connectivity index (χ1n) is 7.40. The molecule has 3 aromatic heterocycles. The Morgan fingerprint density at radius 2 is 1.92 bits per heavy atom. The van der Waals surface area contributed by atoms with Crippen LogP contribution in [-0.4, -0.2) is 29.9 Å². The highest BCUT2D eigenvalue weighted by molar-refractivity contribution is 5.84. The molecule has 0 spiro atoms. The number of aromatic amines is 1. The molecule has 118 valence electrons. The molecule has 0 saturated heterocycles. The van der Waals surface area contributed by atoms with Crippen LogP contribution in [0.4, 0.5) is 17.6 Å². The highest BCUT2D eigenvalue weighted by Crippen LogP contribution is 2.20. The molecule has 8 nitrogen and oxygen atoms in total. The van der Waals surface area contributed by atoms with Crippen LogP contribution in [-0.2, 0) is 6.54 Å². The minimum absolute atomic E-state index is 0.408. The van der Waals surface area contributed by atoms with Gasteiger partial charge in [0.25, 0.3) is 0 Å². The van der Waals surface area contributed by atoms with Crippen LogP contribution in [0.2, 0.25) is 0 Å². The van der Waals surface area contributed by atoms with Crippen molar-refractivity contribution < 1.29 is 0 Å². The zero-order chi connectivity index (χ0) is 16.2. The summed E-state index contributed by atoms with van der Waals surface area (Å²) in [5, 5.41) is 6.35. The third-order valence-electron chi connectivity index (χ3n) is 3.39. The lowest BCUT2D eigenvalue weighted by molar-refractivity contribution is 1.09. The first kappa shape index (κ1) is 14.1. The summed E-state index contributed by atoms with van der Waals surface area (Å²) in [6.45, 7) is 0.649. The lowest BCUT2D eigenvalue weighted by atomic mass is 10.2. The van der Waals surface area contributed by atoms with Crippen LogP contribution in [0.25, 0.3) is 11.2 Å². The van der Waals surface area contributed by atoms with E-state index in [-0.39, 0.29) is 0 Å². The fourth-order valence-corrected chi connectivity index (χ4v) is 2.28. The summed E-state index contributed by atoms with van der Waals surface area (Å²) in [6, 6.07) is 10.1. The van der Waals surface area contributed by atoms with E-state index in [2.05, 4.69) is 52.7 Å². The lowest BCUT2D eigenvalue weighted by Crippen LogP contribution is -2.06. The molecule has 24 heavy (non-hydrogen) atoms. The van der Waals surface area contributed by atoms with Gasteiger partial charge < -0.3 is 15.6 Å². The van der Waals surface area contributed by atoms with Crippen LogP contribution < -0.4 is 10.6 Å². The Hall–Kier alpha value is -3.55. The molecule has 4 rings (SSSR count). The Labute approximate surface area is 137 Å². The molecule has 0 saturated carbocycles. The molecule has 1 aromatic carbocycles. The normalized spacial score (nSPS) is 10.7. The number of imidazole rings is 1. The van der Waals surface area contributed by atoms with Gasteiger partial charge in [0.05, 0.1) is 12.5 Å². The first-order valence-corrected chi connectivity index (χ1v) is 7.40. The molecule has 0 atom stereocenters. The minimum atomic E-state index is 0.408. The zero-order valence-electron chi connectivity index (χ0n) is 12.6. The van der Waals surface area contributed by atoms with Crippen molar-refractivity contribution in [2.45, 2.75) is 6.54 Å². The van der Waals surface area contributed by atoms with Crippen LogP contribution in [0, 0.1) is 0 Å². The summed E-state index contributed by atoms with van der Waals surface area (Å²) in [5.74, 6) is 1.65. The molecular formula is C16H14N8. The molecule has 4 aromatic rings. The van der Waals surface area contributed by atoms with Crippen LogP contribution in [0.1, 0.15) is 5.56 Å². The summed E-state index contributed by atoms with van der Waals surface area (Å²) in [4.78, 5) is 24.3. The Morgan fingerprint density at radius 3 is 2.75 bits per heavy atom. The fourth-order valence-electron chi connectivity index (χ4n) is 2.28. The van der Waals surface area contributed by atoms with E-state index in [0.29, 0.717) is 29.8 Å². The molecule has 3 heterocycles. The number of nitrogens with zero attached hydrogens (tertiary/aromatic N) is 5. The van der Waals surface area contributed by atoms with Gasteiger partial charge in [-0.2, -0.15) is 9.97 Å². The van der Waals surface area contributed by atoms with Crippen LogP contribution in [0.15, 0.2) is 55.2 Å². The summed E-state index contributed by atoms with van der Waals surface area (Å²) in [7, 11) is 0. The molecule has 0 aliphatic rings. The molecule has 0 aliphatic carbocycles. The van der Waals surface area contributed by atoms with E-state index in [4.69, 9.17) is 0 Å². The summed E-state index contributed by atoms with van der Waals surface area (Å²) < 4.78 is 0. The number of rotatable bonds is 5. The van der Waals surface area contributed by atoms with E-state index < -0.39 is 0 Å². The summed E-state index contributed by atoms with van der Waals surface area (Å²) >= 11 is 0. The largest absolute Gasteiger partial charge is 0.364 e. The average Bonchev–Trinajstić information content (AvgIpc) is 3.10. The minimum Gasteiger partial charge on any atom is -0.364 e. The zero-order valence-corrected chi connectivity index (χ0v) is 12.6. The predicted molar refractivity (Wildman–Crippen MR) is 90.8 cm³/mol. The number of hydrogen-bond donors (Lipinski definition) is 3. The summed E-state index contributed by atoms with van der Waals surface area (Å²) in [6.07, 6.45) is 6.41. The van der Waals surface area contributed by atoms with Crippen molar-refractivity contribution in [3.05, 3.63) is 60.8 Å². The van der Waals surface area contributed by atoms with Crippen molar-refractivity contribution >= 4 is 28.7 Å². The molecule has 0 unspecified atom stereocenters. The molecule has 0 radical (unpaired) electrons. The molecular weight excluding hydrogens is 304 g/mol. The monoisotopic (exact) mass is 318 g/mol. The van der Waals surface area contributed by atoms with Crippen LogP contribution in [0.3, 0.4) is 0 Å². The maximum absolute atomic E-state index is 4.51. The number of H-pyrrole nitrogens is 1. The Bertz CT molecular complexity index is 936. The Kier molecular flexibility index (Phi) is 3.69. The number of benzene rings is 1. The van der Waals surface area contributed by atoms with E-state index in [0.717, 1.165) is 11.1 Å². The number of aromatic nitrogens is 6. The van der Waals surface area contributed by atoms with Crippen LogP contribution >= 0.6 is 0 Å². The number of hydrogen-bond acceptors (Lipinski definition) is 7. The van der Waals surface area contributed by atoms with Crippen molar-refractivity contribution in [2.24, 2.45) is 0 Å². The van der Waals surface area contributed by atoms with Gasteiger partial charge in [-0.15, -0.1) is 0 Å². The maximum Gasteiger partial charge on any atom is 0.232 e. The van der Waals surface area contributed by atoms with E-state index >= 15 is 0 Å². The SMILES string of the molecule is c1ccc(CNc2nc(Nc3cnccn3)nc3nc[nH]c23)cc1. The maximum atomic E-state index is 4.51. The van der Waals surface area contributed by atoms with Gasteiger partial charge in [0.2, 0.25) is 5.95 Å². The van der Waals surface area contributed by atoms with Gasteiger partial charge >= 0.3 is 0 Å². The molecule has 8 heteroatoms. The second kappa shape index (κ2) is 6.29. The third-order valence-corrected chi connectivity index (χ3v) is 3.39. The number of fused-ring (bicyclic) bond motifs is 1. The van der Waals surface area contributed by atoms with Gasteiger partial charge in [-0.1, -0.05) is 30.3 Å². The van der Waals surface area contributed by atoms with E-state index in [1.165, 1.54) is 0 Å². The molecule has 0 aliphatic heterocycles. The second-order valence-electron chi connectivity index (χ2n) is 5.05. The van der Waals surface area contributed by atoms with Crippen LogP contribution in [0.5, 0.6) is 0 Å². The third kappa shape index (κ3) is 2.98. The number of nitrogens with one attached hydrogen (secondary N) is 3. The average molecular weight is 318 g/mol. The number of anilines is 3. The fraction of sp³-hybridized carbons (Fsp3) is 0.0625. The van der Waals surface area contributed by atoms with Gasteiger partial charge in [0.1, 0.15) is 5.52 Å². The van der Waals surface area contributed by atoms with Crippen molar-refractivity contribution in [1.29, 1.82) is 0 Å². The quantitative estimate of drug-likeness (QED) is 0.519. The smallest absolute Gasteiger partial charge is 0.232 e. The predicted octanol–water partition coefficient (Wildman–Crippen LogP) is 2.50. The van der Waals surface area contributed by atoms with Crippen molar-refractivity contribution in [1.82, 2.24) is 29.9 Å². The van der Waals surface area contributed by atoms with Gasteiger partial charge in [0.15, 0.2) is 17.3 Å². The highest BCUT2D eigenvalue weighted by atomic mass is 15.2. The van der Waals surface area contributed by atoms with Crippen molar-refractivity contribution in [3.8, 4) is 0 Å². The first-order chi connectivity index (χ1) is 11.9. The van der Waals surface area contributed by atoms with Gasteiger partial charge in [-0.05, 0) is 5.56 Å². The van der Waals surface area contributed by atoms with E-state index in [9.17, 15) is 0 Å². The second-order valence-corrected chi connectivity index (χ2v) is 5.05. The van der Waals surface area contributed by atoms with Gasteiger partial charge in [-0.25, -0.2) is 9.97 Å². The summed E-state index contributed by atoms with van der Waals surface area (Å²) in [5.41, 5.74) is 2.50. The highest BCUT2D eigenvalue weighted by Gasteiger charge is 2.10. The van der Waals surface area contributed by atoms with E-state index in [1.807, 2.05) is 18.2 Å². The van der Waals surface area contributed by atoms with Gasteiger partial charge in [-0.3, -0.25) is 4.98 Å². The lowest BCUT2D eigenvalue weighted by Gasteiger charge is -2.09. The Balaban J connectivity index is 1.62. The van der Waals surface area contributed by atoms with E-state index in [1.54, 1.807) is 24.9 Å². The Morgan fingerprint density at radius 1 is 1.00 bits per heavy atom. The van der Waals surface area contributed by atoms with Crippen molar-refractivity contribution in [3.63, 3.8) is 0 Å². The molecule has 3 N–H and O–H groups in total. The molecule has 0 amide bonds. The van der Waals surface area contributed by atoms with Gasteiger partial charge in [0, 0.05) is 18.9 Å². The van der Waals surface area contributed by atoms with Crippen molar-refractivity contribution in [2.75, 3.05) is 10.6 Å². The molecule has 0 bridgehead atoms.